The third-order valence-corrected chi connectivity index (χ3v) is 3.35. The summed E-state index contributed by atoms with van der Waals surface area (Å²) in [5.74, 6) is 1.41. The van der Waals surface area contributed by atoms with Gasteiger partial charge < -0.3 is 19.5 Å². The second kappa shape index (κ2) is 7.67. The van der Waals surface area contributed by atoms with E-state index in [-0.39, 0.29) is 12.1 Å². The van der Waals surface area contributed by atoms with E-state index in [1.54, 1.807) is 12.0 Å². The number of rotatable bonds is 6. The third kappa shape index (κ3) is 4.48. The summed E-state index contributed by atoms with van der Waals surface area (Å²) in [4.78, 5) is 13.8. The number of hydrogen-bond acceptors (Lipinski definition) is 4. The third-order valence-electron chi connectivity index (χ3n) is 3.35. The fourth-order valence-electron chi connectivity index (χ4n) is 2.16. The Hall–Kier alpha value is -2.50. The highest BCUT2D eigenvalue weighted by molar-refractivity contribution is 5.74. The summed E-state index contributed by atoms with van der Waals surface area (Å²) < 4.78 is 10.6. The van der Waals surface area contributed by atoms with E-state index < -0.39 is 0 Å². The van der Waals surface area contributed by atoms with E-state index in [0.29, 0.717) is 24.5 Å². The Morgan fingerprint density at radius 3 is 2.83 bits per heavy atom. The number of carbonyl (C=O) groups excluding carboxylic acids is 1. The molecule has 2 aromatic rings. The molecule has 0 spiro atoms. The molecule has 0 unspecified atom stereocenters. The molecule has 23 heavy (non-hydrogen) atoms. The van der Waals surface area contributed by atoms with Gasteiger partial charge in [-0.1, -0.05) is 17.3 Å². The number of ether oxygens (including phenoxy) is 1. The van der Waals surface area contributed by atoms with Gasteiger partial charge in [-0.05, 0) is 32.9 Å². The fraction of sp³-hybridized carbons (Fsp3) is 0.412. The predicted molar refractivity (Wildman–Crippen MR) is 88.2 cm³/mol. The molecular weight excluding hydrogens is 294 g/mol. The maximum Gasteiger partial charge on any atom is 0.317 e. The van der Waals surface area contributed by atoms with E-state index in [1.165, 1.54) is 0 Å². The van der Waals surface area contributed by atoms with Gasteiger partial charge in [-0.2, -0.15) is 0 Å². The highest BCUT2D eigenvalue weighted by Gasteiger charge is 2.16. The summed E-state index contributed by atoms with van der Waals surface area (Å²) in [6.07, 6.45) is 0. The summed E-state index contributed by atoms with van der Waals surface area (Å²) in [6, 6.07) is 9.42. The van der Waals surface area contributed by atoms with E-state index in [4.69, 9.17) is 9.26 Å². The van der Waals surface area contributed by atoms with Gasteiger partial charge in [0.1, 0.15) is 11.4 Å². The number of benzene rings is 1. The second-order valence-corrected chi connectivity index (χ2v) is 5.53. The Morgan fingerprint density at radius 1 is 1.39 bits per heavy atom. The monoisotopic (exact) mass is 317 g/mol. The minimum absolute atomic E-state index is 0.0983. The molecule has 1 heterocycles. The van der Waals surface area contributed by atoms with Gasteiger partial charge in [0.25, 0.3) is 0 Å². The van der Waals surface area contributed by atoms with Gasteiger partial charge in [0.05, 0.1) is 13.7 Å². The van der Waals surface area contributed by atoms with E-state index in [1.807, 2.05) is 51.1 Å². The maximum atomic E-state index is 12.1. The van der Waals surface area contributed by atoms with Crippen LogP contribution in [0, 0.1) is 0 Å². The van der Waals surface area contributed by atoms with Crippen LogP contribution in [0.15, 0.2) is 34.9 Å². The summed E-state index contributed by atoms with van der Waals surface area (Å²) >= 11 is 0. The lowest BCUT2D eigenvalue weighted by Crippen LogP contribution is -2.42. The van der Waals surface area contributed by atoms with Crippen molar-refractivity contribution in [1.82, 2.24) is 15.4 Å². The molecule has 0 aliphatic rings. The molecule has 124 valence electrons. The molecule has 1 aromatic heterocycles. The van der Waals surface area contributed by atoms with Crippen LogP contribution in [-0.4, -0.2) is 35.8 Å². The van der Waals surface area contributed by atoms with Gasteiger partial charge in [-0.25, -0.2) is 4.79 Å². The Morgan fingerprint density at radius 2 is 2.17 bits per heavy atom. The SMILES string of the molecule is CCN(Cc1cc(-c2cccc(OC)c2)on1)C(=O)NC(C)C. The van der Waals surface area contributed by atoms with Gasteiger partial charge in [0.2, 0.25) is 0 Å². The topological polar surface area (TPSA) is 67.6 Å². The van der Waals surface area contributed by atoms with Gasteiger partial charge in [0, 0.05) is 24.2 Å². The second-order valence-electron chi connectivity index (χ2n) is 5.53. The van der Waals surface area contributed by atoms with Crippen molar-refractivity contribution >= 4 is 6.03 Å². The molecule has 0 saturated carbocycles. The zero-order chi connectivity index (χ0) is 16.8. The zero-order valence-corrected chi connectivity index (χ0v) is 14.0. The number of aromatic nitrogens is 1. The number of amides is 2. The Bertz CT molecular complexity index is 652. The van der Waals surface area contributed by atoms with Crippen LogP contribution in [0.4, 0.5) is 4.79 Å². The molecule has 1 aromatic carbocycles. The van der Waals surface area contributed by atoms with Crippen molar-refractivity contribution in [3.8, 4) is 17.1 Å². The van der Waals surface area contributed by atoms with Crippen LogP contribution in [0.3, 0.4) is 0 Å². The Labute approximate surface area is 136 Å². The zero-order valence-electron chi connectivity index (χ0n) is 14.0. The molecule has 0 bridgehead atoms. The van der Waals surface area contributed by atoms with Crippen LogP contribution < -0.4 is 10.1 Å². The largest absolute Gasteiger partial charge is 0.497 e. The highest BCUT2D eigenvalue weighted by atomic mass is 16.5. The molecule has 1 N–H and O–H groups in total. The van der Waals surface area contributed by atoms with Crippen molar-refractivity contribution in [2.75, 3.05) is 13.7 Å². The summed E-state index contributed by atoms with van der Waals surface area (Å²) in [5, 5.41) is 6.94. The number of methoxy groups -OCH3 is 1. The lowest BCUT2D eigenvalue weighted by Gasteiger charge is -2.21. The first-order valence-electron chi connectivity index (χ1n) is 7.69. The van der Waals surface area contributed by atoms with Crippen LogP contribution in [0.25, 0.3) is 11.3 Å². The van der Waals surface area contributed by atoms with Crippen molar-refractivity contribution in [3.63, 3.8) is 0 Å². The average Bonchev–Trinajstić information content (AvgIpc) is 3.00. The van der Waals surface area contributed by atoms with Crippen LogP contribution in [0.1, 0.15) is 26.5 Å². The van der Waals surface area contributed by atoms with Crippen LogP contribution >= 0.6 is 0 Å². The maximum absolute atomic E-state index is 12.1. The molecule has 0 fully saturated rings. The molecule has 0 saturated heterocycles. The standard InChI is InChI=1S/C17H23N3O3/c1-5-20(17(21)18-12(2)3)11-14-10-16(23-19-14)13-7-6-8-15(9-13)22-4/h6-10,12H,5,11H2,1-4H3,(H,18,21). The van der Waals surface area contributed by atoms with Gasteiger partial charge in [-0.3, -0.25) is 0 Å². The van der Waals surface area contributed by atoms with Crippen molar-refractivity contribution in [3.05, 3.63) is 36.0 Å². The van der Waals surface area contributed by atoms with E-state index in [2.05, 4.69) is 10.5 Å². The van der Waals surface area contributed by atoms with Crippen molar-refractivity contribution in [2.24, 2.45) is 0 Å². The van der Waals surface area contributed by atoms with Gasteiger partial charge in [0.15, 0.2) is 5.76 Å². The minimum Gasteiger partial charge on any atom is -0.497 e. The lowest BCUT2D eigenvalue weighted by molar-refractivity contribution is 0.194. The van der Waals surface area contributed by atoms with Crippen LogP contribution in [0.5, 0.6) is 5.75 Å². The van der Waals surface area contributed by atoms with Gasteiger partial charge >= 0.3 is 6.03 Å². The van der Waals surface area contributed by atoms with E-state index in [0.717, 1.165) is 11.3 Å². The normalized spacial score (nSPS) is 10.7. The number of carbonyl (C=O) groups is 1. The molecule has 2 rings (SSSR count). The van der Waals surface area contributed by atoms with Crippen molar-refractivity contribution < 1.29 is 14.1 Å². The highest BCUT2D eigenvalue weighted by Crippen LogP contribution is 2.24. The number of urea groups is 1. The average molecular weight is 317 g/mol. The summed E-state index contributed by atoms with van der Waals surface area (Å²) in [5.41, 5.74) is 1.60. The molecule has 0 atom stereocenters. The first-order chi connectivity index (χ1) is 11.0. The first kappa shape index (κ1) is 16.9. The number of nitrogens with one attached hydrogen (secondary N) is 1. The molecular formula is C17H23N3O3. The van der Waals surface area contributed by atoms with Crippen molar-refractivity contribution in [2.45, 2.75) is 33.4 Å². The smallest absolute Gasteiger partial charge is 0.317 e. The molecule has 6 nitrogen and oxygen atoms in total. The molecule has 0 aliphatic heterocycles. The molecule has 0 aliphatic carbocycles. The lowest BCUT2D eigenvalue weighted by atomic mass is 10.1. The molecule has 2 amide bonds. The summed E-state index contributed by atoms with van der Waals surface area (Å²) in [7, 11) is 1.62. The Balaban J connectivity index is 2.10. The predicted octanol–water partition coefficient (Wildman–Crippen LogP) is 3.29. The number of nitrogens with zero attached hydrogens (tertiary/aromatic N) is 2. The minimum atomic E-state index is -0.103. The fourth-order valence-corrected chi connectivity index (χ4v) is 2.16. The van der Waals surface area contributed by atoms with Crippen LogP contribution in [0.2, 0.25) is 0 Å². The molecule has 0 radical (unpaired) electrons. The van der Waals surface area contributed by atoms with Gasteiger partial charge in [-0.15, -0.1) is 0 Å². The summed E-state index contributed by atoms with van der Waals surface area (Å²) in [6.45, 7) is 6.80. The molecule has 6 heteroatoms. The Kier molecular flexibility index (Phi) is 5.62. The first-order valence-corrected chi connectivity index (χ1v) is 7.69. The number of hydrogen-bond donors (Lipinski definition) is 1. The van der Waals surface area contributed by atoms with E-state index in [9.17, 15) is 4.79 Å². The van der Waals surface area contributed by atoms with Crippen molar-refractivity contribution in [1.29, 1.82) is 0 Å². The van der Waals surface area contributed by atoms with E-state index >= 15 is 0 Å². The quantitative estimate of drug-likeness (QED) is 0.887. The van der Waals surface area contributed by atoms with Crippen LogP contribution in [-0.2, 0) is 6.54 Å².